The fourth-order valence-corrected chi connectivity index (χ4v) is 4.57. The molecule has 0 amide bonds. The number of para-hydroxylation sites is 1. The van der Waals surface area contributed by atoms with Gasteiger partial charge in [-0.3, -0.25) is 0 Å². The molecule has 0 aliphatic rings. The third kappa shape index (κ3) is 5.08. The number of fused-ring (bicyclic) bond motifs is 1. The zero-order valence-corrected chi connectivity index (χ0v) is 19.1. The number of benzene rings is 3. The summed E-state index contributed by atoms with van der Waals surface area (Å²) in [6.45, 7) is 5.00. The van der Waals surface area contributed by atoms with Crippen molar-refractivity contribution in [2.24, 2.45) is 11.0 Å². The maximum atomic E-state index is 12.6. The van der Waals surface area contributed by atoms with E-state index in [1.165, 1.54) is 5.56 Å². The van der Waals surface area contributed by atoms with E-state index in [-0.39, 0.29) is 4.90 Å². The van der Waals surface area contributed by atoms with Crippen LogP contribution < -0.4 is 4.83 Å². The highest BCUT2D eigenvalue weighted by Gasteiger charge is 2.13. The van der Waals surface area contributed by atoms with Crippen molar-refractivity contribution in [2.75, 3.05) is 0 Å². The van der Waals surface area contributed by atoms with Crippen LogP contribution in [-0.4, -0.2) is 19.2 Å². The molecule has 32 heavy (non-hydrogen) atoms. The Morgan fingerprint density at radius 3 is 2.31 bits per heavy atom. The molecule has 1 aromatic heterocycles. The monoisotopic (exact) mass is 445 g/mol. The molecule has 1 N–H and O–H groups in total. The molecule has 3 aromatic carbocycles. The van der Waals surface area contributed by atoms with Crippen LogP contribution in [0.25, 0.3) is 10.9 Å². The Bertz CT molecular complexity index is 1320. The Labute approximate surface area is 189 Å². The van der Waals surface area contributed by atoms with Crippen LogP contribution in [0.5, 0.6) is 0 Å². The van der Waals surface area contributed by atoms with E-state index in [1.54, 1.807) is 18.3 Å². The van der Waals surface area contributed by atoms with E-state index in [0.717, 1.165) is 35.0 Å². The molecule has 0 unspecified atom stereocenters. The van der Waals surface area contributed by atoms with Crippen LogP contribution in [0, 0.1) is 5.92 Å². The molecule has 0 fully saturated rings. The molecule has 1 heterocycles. The molecule has 0 aliphatic heterocycles. The van der Waals surface area contributed by atoms with Crippen molar-refractivity contribution in [3.8, 4) is 0 Å². The number of hydrazone groups is 1. The summed E-state index contributed by atoms with van der Waals surface area (Å²) in [4.78, 5) is 2.54. The fourth-order valence-electron chi connectivity index (χ4n) is 3.78. The van der Waals surface area contributed by atoms with Crippen LogP contribution in [0.15, 0.2) is 95.1 Å². The average Bonchev–Trinajstić information content (AvgIpc) is 3.12. The normalized spacial score (nSPS) is 12.1. The molecule has 0 aliphatic carbocycles. The molecular weight excluding hydrogens is 418 g/mol. The van der Waals surface area contributed by atoms with Gasteiger partial charge in [-0.2, -0.15) is 13.5 Å². The van der Waals surface area contributed by atoms with Gasteiger partial charge >= 0.3 is 0 Å². The van der Waals surface area contributed by atoms with E-state index in [4.69, 9.17) is 0 Å². The van der Waals surface area contributed by atoms with E-state index in [1.807, 2.05) is 54.7 Å². The average molecular weight is 446 g/mol. The standard InChI is InChI=1S/C26H27N3O2S/c1-20(2)16-21-12-14-24(15-13-21)32(30,31)28-27-17-23-19-29(18-22-8-4-3-5-9-22)26-11-7-6-10-25(23)26/h3-15,17,19-20,28H,16,18H2,1-2H3/b27-17+. The molecule has 4 rings (SSSR count). The minimum Gasteiger partial charge on any atom is -0.342 e. The molecule has 4 aromatic rings. The minimum absolute atomic E-state index is 0.202. The van der Waals surface area contributed by atoms with Crippen molar-refractivity contribution in [2.45, 2.75) is 31.7 Å². The van der Waals surface area contributed by atoms with Crippen molar-refractivity contribution in [1.82, 2.24) is 9.40 Å². The predicted octanol–water partition coefficient (Wildman–Crippen LogP) is 5.20. The first-order chi connectivity index (χ1) is 15.4. The minimum atomic E-state index is -3.73. The van der Waals surface area contributed by atoms with Crippen molar-refractivity contribution in [3.63, 3.8) is 0 Å². The van der Waals surface area contributed by atoms with Crippen LogP contribution in [0.4, 0.5) is 0 Å². The highest BCUT2D eigenvalue weighted by molar-refractivity contribution is 7.89. The molecular formula is C26H27N3O2S. The van der Waals surface area contributed by atoms with Gasteiger partial charge in [0.25, 0.3) is 10.0 Å². The van der Waals surface area contributed by atoms with Crippen LogP contribution in [0.2, 0.25) is 0 Å². The van der Waals surface area contributed by atoms with E-state index in [2.05, 4.69) is 46.5 Å². The Morgan fingerprint density at radius 1 is 0.906 bits per heavy atom. The first-order valence-corrected chi connectivity index (χ1v) is 12.2. The number of sulfonamides is 1. The van der Waals surface area contributed by atoms with E-state index in [0.29, 0.717) is 5.92 Å². The van der Waals surface area contributed by atoms with Gasteiger partial charge in [-0.1, -0.05) is 74.5 Å². The van der Waals surface area contributed by atoms with Crippen molar-refractivity contribution >= 4 is 27.1 Å². The van der Waals surface area contributed by atoms with Gasteiger partial charge in [0, 0.05) is 29.2 Å². The number of rotatable bonds is 8. The molecule has 0 spiro atoms. The second kappa shape index (κ2) is 9.40. The molecule has 0 atom stereocenters. The second-order valence-electron chi connectivity index (χ2n) is 8.31. The SMILES string of the molecule is CC(C)Cc1ccc(S(=O)(=O)N/N=C/c2cn(Cc3ccccc3)c3ccccc23)cc1. The third-order valence-corrected chi connectivity index (χ3v) is 6.51. The zero-order valence-electron chi connectivity index (χ0n) is 18.3. The molecule has 6 heteroatoms. The van der Waals surface area contributed by atoms with E-state index < -0.39 is 10.0 Å². The van der Waals surface area contributed by atoms with E-state index in [9.17, 15) is 8.42 Å². The summed E-state index contributed by atoms with van der Waals surface area (Å²) in [5.74, 6) is 0.518. The summed E-state index contributed by atoms with van der Waals surface area (Å²) in [5, 5.41) is 5.07. The maximum Gasteiger partial charge on any atom is 0.276 e. The molecule has 164 valence electrons. The van der Waals surface area contributed by atoms with Gasteiger partial charge in [0.05, 0.1) is 11.1 Å². The lowest BCUT2D eigenvalue weighted by atomic mass is 10.0. The predicted molar refractivity (Wildman–Crippen MR) is 130 cm³/mol. The molecule has 5 nitrogen and oxygen atoms in total. The van der Waals surface area contributed by atoms with Gasteiger partial charge in [-0.05, 0) is 41.7 Å². The summed E-state index contributed by atoms with van der Waals surface area (Å²) in [6, 6.07) is 25.2. The maximum absolute atomic E-state index is 12.6. The molecule has 0 radical (unpaired) electrons. The summed E-state index contributed by atoms with van der Waals surface area (Å²) >= 11 is 0. The largest absolute Gasteiger partial charge is 0.342 e. The van der Waals surface area contributed by atoms with E-state index >= 15 is 0 Å². The Balaban J connectivity index is 1.53. The highest BCUT2D eigenvalue weighted by Crippen LogP contribution is 2.21. The summed E-state index contributed by atoms with van der Waals surface area (Å²) < 4.78 is 27.4. The fraction of sp³-hybridized carbons (Fsp3) is 0.192. The number of hydrogen-bond acceptors (Lipinski definition) is 3. The summed E-state index contributed by atoms with van der Waals surface area (Å²) in [6.07, 6.45) is 4.48. The van der Waals surface area contributed by atoms with Crippen molar-refractivity contribution in [3.05, 3.63) is 102 Å². The van der Waals surface area contributed by atoms with Gasteiger partial charge in [0.1, 0.15) is 0 Å². The third-order valence-electron chi connectivity index (χ3n) is 5.27. The topological polar surface area (TPSA) is 63.5 Å². The molecule has 0 saturated carbocycles. The lowest BCUT2D eigenvalue weighted by molar-refractivity contribution is 0.584. The molecule has 0 saturated heterocycles. The van der Waals surface area contributed by atoms with Crippen molar-refractivity contribution < 1.29 is 8.42 Å². The number of hydrogen-bond donors (Lipinski definition) is 1. The van der Waals surface area contributed by atoms with Crippen LogP contribution in [-0.2, 0) is 23.0 Å². The van der Waals surface area contributed by atoms with Gasteiger partial charge in [0.15, 0.2) is 0 Å². The Morgan fingerprint density at radius 2 is 1.59 bits per heavy atom. The zero-order chi connectivity index (χ0) is 22.6. The summed E-state index contributed by atoms with van der Waals surface area (Å²) in [7, 11) is -3.73. The first-order valence-electron chi connectivity index (χ1n) is 10.7. The number of nitrogens with zero attached hydrogens (tertiary/aromatic N) is 2. The Hall–Kier alpha value is -3.38. The van der Waals surface area contributed by atoms with Crippen LogP contribution in [0.1, 0.15) is 30.5 Å². The molecule has 0 bridgehead atoms. The van der Waals surface area contributed by atoms with Crippen LogP contribution in [0.3, 0.4) is 0 Å². The smallest absolute Gasteiger partial charge is 0.276 e. The Kier molecular flexibility index (Phi) is 6.42. The number of aromatic nitrogens is 1. The highest BCUT2D eigenvalue weighted by atomic mass is 32.2. The van der Waals surface area contributed by atoms with Crippen LogP contribution >= 0.6 is 0 Å². The lowest BCUT2D eigenvalue weighted by Crippen LogP contribution is -2.18. The first kappa shape index (κ1) is 21.8. The van der Waals surface area contributed by atoms with Gasteiger partial charge in [-0.25, -0.2) is 4.83 Å². The van der Waals surface area contributed by atoms with Gasteiger partial charge < -0.3 is 4.57 Å². The quantitative estimate of drug-likeness (QED) is 0.299. The number of nitrogens with one attached hydrogen (secondary N) is 1. The summed E-state index contributed by atoms with van der Waals surface area (Å²) in [5.41, 5.74) is 4.24. The van der Waals surface area contributed by atoms with Gasteiger partial charge in [-0.15, -0.1) is 0 Å². The lowest BCUT2D eigenvalue weighted by Gasteiger charge is -2.07. The van der Waals surface area contributed by atoms with Gasteiger partial charge in [0.2, 0.25) is 0 Å². The van der Waals surface area contributed by atoms with Crippen molar-refractivity contribution in [1.29, 1.82) is 0 Å². The second-order valence-corrected chi connectivity index (χ2v) is 9.97.